The molecule has 0 bridgehead atoms. The van der Waals surface area contributed by atoms with Crippen LogP contribution in [0.2, 0.25) is 0 Å². The molecule has 2 rings (SSSR count). The van der Waals surface area contributed by atoms with Crippen LogP contribution < -0.4 is 10.6 Å². The minimum atomic E-state index is -0.551. The average Bonchev–Trinajstić information content (AvgIpc) is 2.65. The van der Waals surface area contributed by atoms with E-state index in [-0.39, 0.29) is 24.8 Å². The molecule has 0 aliphatic carbocycles. The lowest BCUT2D eigenvalue weighted by molar-refractivity contribution is -0.132. The first-order valence-electron chi connectivity index (χ1n) is 9.93. The minimum Gasteiger partial charge on any atom is -0.444 e. The van der Waals surface area contributed by atoms with Crippen LogP contribution in [0.25, 0.3) is 0 Å². The van der Waals surface area contributed by atoms with Crippen molar-refractivity contribution in [1.82, 2.24) is 15.5 Å². The highest BCUT2D eigenvalue weighted by Crippen LogP contribution is 2.18. The van der Waals surface area contributed by atoms with Crippen molar-refractivity contribution in [1.29, 1.82) is 0 Å². The Morgan fingerprint density at radius 3 is 2.41 bits per heavy atom. The predicted octanol–water partition coefficient (Wildman–Crippen LogP) is 3.17. The number of alkyl carbamates (subject to hydrolysis) is 1. The summed E-state index contributed by atoms with van der Waals surface area (Å²) in [5.41, 5.74) is 0.141. The molecule has 0 saturated carbocycles. The number of piperidine rings is 1. The third-order valence-corrected chi connectivity index (χ3v) is 5.58. The van der Waals surface area contributed by atoms with Crippen molar-refractivity contribution >= 4 is 40.5 Å². The van der Waals surface area contributed by atoms with E-state index < -0.39 is 11.7 Å². The summed E-state index contributed by atoms with van der Waals surface area (Å²) in [6, 6.07) is 7.51. The number of nitrogens with zero attached hydrogens (tertiary/aromatic N) is 1. The number of nitrogens with one attached hydrogen (secondary N) is 2. The fourth-order valence-corrected chi connectivity index (χ4v) is 3.74. The fourth-order valence-electron chi connectivity index (χ4n) is 3.11. The standard InChI is InChI=1S/C21H30IN3O4/c1-21(2,3)29-20(28)23-11-8-18(26)25-12-9-15(10-13-25)14-24-19(27)16-6-4-5-7-17(16)22/h4-7,15H,8-14H2,1-3H3,(H,23,28)(H,24,27). The highest BCUT2D eigenvalue weighted by molar-refractivity contribution is 14.1. The van der Waals surface area contributed by atoms with Gasteiger partial charge < -0.3 is 20.3 Å². The van der Waals surface area contributed by atoms with Gasteiger partial charge in [0.2, 0.25) is 5.91 Å². The number of halogens is 1. The van der Waals surface area contributed by atoms with E-state index in [1.807, 2.05) is 29.2 Å². The van der Waals surface area contributed by atoms with Crippen molar-refractivity contribution in [2.24, 2.45) is 5.92 Å². The molecule has 1 fully saturated rings. The normalized spacial score (nSPS) is 15.0. The number of benzene rings is 1. The number of hydrogen-bond donors (Lipinski definition) is 2. The third-order valence-electron chi connectivity index (χ3n) is 4.64. The van der Waals surface area contributed by atoms with Gasteiger partial charge in [-0.1, -0.05) is 12.1 Å². The number of likely N-dealkylation sites (tertiary alicyclic amines) is 1. The van der Waals surface area contributed by atoms with Crippen LogP contribution in [0.15, 0.2) is 24.3 Å². The van der Waals surface area contributed by atoms with Gasteiger partial charge >= 0.3 is 6.09 Å². The zero-order chi connectivity index (χ0) is 21.4. The smallest absolute Gasteiger partial charge is 0.407 e. The summed E-state index contributed by atoms with van der Waals surface area (Å²) in [6.45, 7) is 7.62. The Bertz CT molecular complexity index is 725. The van der Waals surface area contributed by atoms with E-state index in [2.05, 4.69) is 33.2 Å². The van der Waals surface area contributed by atoms with Crippen LogP contribution in [0.3, 0.4) is 0 Å². The van der Waals surface area contributed by atoms with Crippen molar-refractivity contribution in [3.05, 3.63) is 33.4 Å². The van der Waals surface area contributed by atoms with Crippen molar-refractivity contribution in [3.8, 4) is 0 Å². The second-order valence-electron chi connectivity index (χ2n) is 8.19. The molecule has 160 valence electrons. The van der Waals surface area contributed by atoms with Crippen molar-refractivity contribution in [2.45, 2.75) is 45.6 Å². The van der Waals surface area contributed by atoms with Crippen LogP contribution in [-0.2, 0) is 9.53 Å². The maximum atomic E-state index is 12.3. The Hall–Kier alpha value is -1.84. The first-order valence-corrected chi connectivity index (χ1v) is 11.0. The summed E-state index contributed by atoms with van der Waals surface area (Å²) >= 11 is 2.16. The van der Waals surface area contributed by atoms with Crippen molar-refractivity contribution in [2.75, 3.05) is 26.2 Å². The van der Waals surface area contributed by atoms with Gasteiger partial charge in [0.1, 0.15) is 5.60 Å². The van der Waals surface area contributed by atoms with E-state index in [0.717, 1.165) is 16.4 Å². The largest absolute Gasteiger partial charge is 0.444 e. The Morgan fingerprint density at radius 2 is 1.79 bits per heavy atom. The second-order valence-corrected chi connectivity index (χ2v) is 9.35. The van der Waals surface area contributed by atoms with Gasteiger partial charge in [-0.15, -0.1) is 0 Å². The molecule has 7 nitrogen and oxygen atoms in total. The van der Waals surface area contributed by atoms with Gasteiger partial charge in [-0.05, 0) is 74.3 Å². The summed E-state index contributed by atoms with van der Waals surface area (Å²) in [6.07, 6.45) is 1.47. The molecule has 0 atom stereocenters. The van der Waals surface area contributed by atoms with Gasteiger partial charge in [0.25, 0.3) is 5.91 Å². The number of carbonyl (C=O) groups excluding carboxylic acids is 3. The molecule has 1 aliphatic heterocycles. The third kappa shape index (κ3) is 8.20. The first kappa shape index (κ1) is 23.4. The average molecular weight is 515 g/mol. The Morgan fingerprint density at radius 1 is 1.14 bits per heavy atom. The van der Waals surface area contributed by atoms with Crippen LogP contribution in [0, 0.1) is 9.49 Å². The molecule has 1 aliphatic rings. The summed E-state index contributed by atoms with van der Waals surface area (Å²) < 4.78 is 6.09. The van der Waals surface area contributed by atoms with Crippen molar-refractivity contribution in [3.63, 3.8) is 0 Å². The SMILES string of the molecule is CC(C)(C)OC(=O)NCCC(=O)N1CCC(CNC(=O)c2ccccc2I)CC1. The molecule has 8 heteroatoms. The molecule has 1 saturated heterocycles. The van der Waals surface area contributed by atoms with Gasteiger partial charge in [-0.3, -0.25) is 9.59 Å². The second kappa shape index (κ2) is 10.8. The van der Waals surface area contributed by atoms with Crippen molar-refractivity contribution < 1.29 is 19.1 Å². The highest BCUT2D eigenvalue weighted by atomic mass is 127. The highest BCUT2D eigenvalue weighted by Gasteiger charge is 2.23. The lowest BCUT2D eigenvalue weighted by Gasteiger charge is -2.32. The zero-order valence-electron chi connectivity index (χ0n) is 17.3. The predicted molar refractivity (Wildman–Crippen MR) is 120 cm³/mol. The molecule has 0 radical (unpaired) electrons. The zero-order valence-corrected chi connectivity index (χ0v) is 19.5. The molecular weight excluding hydrogens is 485 g/mol. The van der Waals surface area contributed by atoms with Gasteiger partial charge in [0.05, 0.1) is 5.56 Å². The number of ether oxygens (including phenoxy) is 1. The van der Waals surface area contributed by atoms with Gasteiger partial charge in [-0.25, -0.2) is 4.79 Å². The summed E-state index contributed by atoms with van der Waals surface area (Å²) in [7, 11) is 0. The van der Waals surface area contributed by atoms with E-state index in [1.54, 1.807) is 20.8 Å². The Balaban J connectivity index is 1.65. The quantitative estimate of drug-likeness (QED) is 0.570. The number of rotatable bonds is 6. The van der Waals surface area contributed by atoms with Gasteiger partial charge in [0, 0.05) is 36.2 Å². The number of amides is 3. The molecule has 2 N–H and O–H groups in total. The molecule has 0 unspecified atom stereocenters. The maximum absolute atomic E-state index is 12.3. The Labute approximate surface area is 186 Å². The monoisotopic (exact) mass is 515 g/mol. The van der Waals surface area contributed by atoms with Crippen LogP contribution in [0.1, 0.15) is 50.4 Å². The molecular formula is C21H30IN3O4. The van der Waals surface area contributed by atoms with Crippen LogP contribution in [0.4, 0.5) is 4.79 Å². The van der Waals surface area contributed by atoms with Gasteiger partial charge in [0.15, 0.2) is 0 Å². The molecule has 0 aromatic heterocycles. The fraction of sp³-hybridized carbons (Fsp3) is 0.571. The molecule has 0 spiro atoms. The van der Waals surface area contributed by atoms with Crippen LogP contribution in [0.5, 0.6) is 0 Å². The van der Waals surface area contributed by atoms with E-state index >= 15 is 0 Å². The molecule has 1 aromatic rings. The summed E-state index contributed by atoms with van der Waals surface area (Å²) in [5, 5.41) is 5.62. The molecule has 29 heavy (non-hydrogen) atoms. The maximum Gasteiger partial charge on any atom is 0.407 e. The lowest BCUT2D eigenvalue weighted by Crippen LogP contribution is -2.42. The van der Waals surface area contributed by atoms with Crippen LogP contribution >= 0.6 is 22.6 Å². The minimum absolute atomic E-state index is 0.0300. The topological polar surface area (TPSA) is 87.7 Å². The molecule has 1 heterocycles. The van der Waals surface area contributed by atoms with Crippen LogP contribution in [-0.4, -0.2) is 54.6 Å². The lowest BCUT2D eigenvalue weighted by atomic mass is 9.96. The first-order chi connectivity index (χ1) is 13.7. The molecule has 3 amide bonds. The summed E-state index contributed by atoms with van der Waals surface area (Å²) in [5.74, 6) is 0.341. The Kier molecular flexibility index (Phi) is 8.73. The number of carbonyl (C=O) groups is 3. The van der Waals surface area contributed by atoms with Gasteiger partial charge in [-0.2, -0.15) is 0 Å². The number of hydrogen-bond acceptors (Lipinski definition) is 4. The summed E-state index contributed by atoms with van der Waals surface area (Å²) in [4.78, 5) is 38.1. The van der Waals surface area contributed by atoms with E-state index in [1.165, 1.54) is 0 Å². The molecule has 1 aromatic carbocycles. The van der Waals surface area contributed by atoms with E-state index in [0.29, 0.717) is 31.1 Å². The van der Waals surface area contributed by atoms with E-state index in [9.17, 15) is 14.4 Å². The van der Waals surface area contributed by atoms with E-state index in [4.69, 9.17) is 4.74 Å².